The topological polar surface area (TPSA) is 46.1 Å². The van der Waals surface area contributed by atoms with Crippen molar-refractivity contribution in [3.63, 3.8) is 0 Å². The minimum Gasteiger partial charge on any atom is -0.379 e. The zero-order valence-corrected chi connectivity index (χ0v) is 15.8. The number of rotatable bonds is 7. The molecular weight excluding hydrogens is 333 g/mol. The third-order valence-electron chi connectivity index (χ3n) is 4.68. The van der Waals surface area contributed by atoms with Crippen LogP contribution in [0, 0.1) is 11.7 Å². The summed E-state index contributed by atoms with van der Waals surface area (Å²) in [7, 11) is 0. The number of benzene rings is 1. The molecule has 1 saturated heterocycles. The normalized spacial score (nSPS) is 24.0. The number of morpholine rings is 1. The Morgan fingerprint density at radius 1 is 1.31 bits per heavy atom. The third-order valence-corrected chi connectivity index (χ3v) is 4.68. The maximum absolute atomic E-state index is 13.2. The molecule has 3 rings (SSSR count). The van der Waals surface area contributed by atoms with E-state index in [1.54, 1.807) is 12.1 Å². The minimum absolute atomic E-state index is 0.0776. The van der Waals surface area contributed by atoms with Crippen LogP contribution in [0.2, 0.25) is 0 Å². The Morgan fingerprint density at radius 2 is 2.08 bits per heavy atom. The van der Waals surface area contributed by atoms with Gasteiger partial charge in [-0.15, -0.1) is 0 Å². The predicted molar refractivity (Wildman–Crippen MR) is 101 cm³/mol. The number of halogens is 1. The highest BCUT2D eigenvalue weighted by Gasteiger charge is 2.28. The lowest BCUT2D eigenvalue weighted by Gasteiger charge is -2.38. The van der Waals surface area contributed by atoms with E-state index in [0.717, 1.165) is 37.1 Å². The third kappa shape index (κ3) is 5.68. The first-order valence-electron chi connectivity index (χ1n) is 9.67. The van der Waals surface area contributed by atoms with Gasteiger partial charge in [0.15, 0.2) is 5.96 Å². The van der Waals surface area contributed by atoms with E-state index >= 15 is 0 Å². The van der Waals surface area contributed by atoms with Gasteiger partial charge in [-0.05, 0) is 50.3 Å². The fraction of sp³-hybridized carbons (Fsp3) is 0.650. The van der Waals surface area contributed by atoms with Crippen molar-refractivity contribution in [2.75, 3.05) is 39.4 Å². The summed E-state index contributed by atoms with van der Waals surface area (Å²) >= 11 is 0. The van der Waals surface area contributed by atoms with Crippen LogP contribution in [0.4, 0.5) is 4.39 Å². The van der Waals surface area contributed by atoms with Crippen LogP contribution in [0.1, 0.15) is 38.4 Å². The number of aliphatic imine (C=N–C) groups is 1. The summed E-state index contributed by atoms with van der Waals surface area (Å²) < 4.78 is 25.0. The lowest BCUT2D eigenvalue weighted by atomic mass is 10.1. The van der Waals surface area contributed by atoms with Crippen molar-refractivity contribution in [2.45, 2.75) is 38.9 Å². The van der Waals surface area contributed by atoms with Gasteiger partial charge < -0.3 is 19.7 Å². The Balaban J connectivity index is 1.59. The van der Waals surface area contributed by atoms with Gasteiger partial charge >= 0.3 is 0 Å². The van der Waals surface area contributed by atoms with Crippen LogP contribution in [-0.2, 0) is 9.47 Å². The van der Waals surface area contributed by atoms with Crippen LogP contribution in [0.3, 0.4) is 0 Å². The molecule has 1 aliphatic heterocycles. The smallest absolute Gasteiger partial charge is 0.194 e. The maximum atomic E-state index is 13.2. The monoisotopic (exact) mass is 363 g/mol. The first-order chi connectivity index (χ1) is 12.7. The van der Waals surface area contributed by atoms with Crippen molar-refractivity contribution in [1.82, 2.24) is 10.2 Å². The standard InChI is InChI=1S/C20H30FN3O2/c1-3-22-20(23-10-11-25-14-16-4-5-16)24-12-15(2)26-19(13-24)17-6-8-18(21)9-7-17/h6-9,15-16,19H,3-5,10-14H2,1-2H3,(H,22,23). The summed E-state index contributed by atoms with van der Waals surface area (Å²) in [6.45, 7) is 8.61. The van der Waals surface area contributed by atoms with Crippen LogP contribution >= 0.6 is 0 Å². The lowest BCUT2D eigenvalue weighted by molar-refractivity contribution is -0.0605. The first kappa shape index (κ1) is 19.1. The SMILES string of the molecule is CCNC(=NCCOCC1CC1)N1CC(C)OC(c2ccc(F)cc2)C1. The molecule has 1 saturated carbocycles. The summed E-state index contributed by atoms with van der Waals surface area (Å²) in [4.78, 5) is 6.95. The fourth-order valence-electron chi connectivity index (χ4n) is 3.16. The lowest BCUT2D eigenvalue weighted by Crippen LogP contribution is -2.50. The average Bonchev–Trinajstić information content (AvgIpc) is 3.45. The van der Waals surface area contributed by atoms with Crippen LogP contribution in [0.15, 0.2) is 29.3 Å². The van der Waals surface area contributed by atoms with E-state index in [1.165, 1.54) is 25.0 Å². The molecule has 26 heavy (non-hydrogen) atoms. The zero-order valence-electron chi connectivity index (χ0n) is 15.8. The van der Waals surface area contributed by atoms with E-state index < -0.39 is 0 Å². The maximum Gasteiger partial charge on any atom is 0.194 e. The quantitative estimate of drug-likeness (QED) is 0.460. The van der Waals surface area contributed by atoms with Crippen molar-refractivity contribution >= 4 is 5.96 Å². The van der Waals surface area contributed by atoms with Gasteiger partial charge in [0.2, 0.25) is 0 Å². The first-order valence-corrected chi connectivity index (χ1v) is 9.67. The molecule has 1 aliphatic carbocycles. The Kier molecular flexibility index (Phi) is 6.86. The molecule has 6 heteroatoms. The second-order valence-electron chi connectivity index (χ2n) is 7.15. The Bertz CT molecular complexity index is 589. The largest absolute Gasteiger partial charge is 0.379 e. The Morgan fingerprint density at radius 3 is 2.77 bits per heavy atom. The van der Waals surface area contributed by atoms with Crippen molar-refractivity contribution in [3.8, 4) is 0 Å². The molecule has 2 fully saturated rings. The molecule has 2 unspecified atom stereocenters. The van der Waals surface area contributed by atoms with E-state index in [9.17, 15) is 4.39 Å². The van der Waals surface area contributed by atoms with E-state index in [4.69, 9.17) is 14.5 Å². The molecule has 0 bridgehead atoms. The van der Waals surface area contributed by atoms with Gasteiger partial charge in [0, 0.05) is 19.7 Å². The summed E-state index contributed by atoms with van der Waals surface area (Å²) in [5.74, 6) is 1.45. The highest BCUT2D eigenvalue weighted by molar-refractivity contribution is 5.80. The summed E-state index contributed by atoms with van der Waals surface area (Å²) in [6.07, 6.45) is 2.60. The zero-order chi connectivity index (χ0) is 18.4. The van der Waals surface area contributed by atoms with Gasteiger partial charge in [-0.3, -0.25) is 4.99 Å². The molecule has 0 radical (unpaired) electrons. The number of hydrogen-bond acceptors (Lipinski definition) is 3. The molecule has 2 atom stereocenters. The van der Waals surface area contributed by atoms with Crippen molar-refractivity contribution in [2.24, 2.45) is 10.9 Å². The highest BCUT2D eigenvalue weighted by atomic mass is 19.1. The number of ether oxygens (including phenoxy) is 2. The average molecular weight is 363 g/mol. The minimum atomic E-state index is -0.226. The number of hydrogen-bond donors (Lipinski definition) is 1. The van der Waals surface area contributed by atoms with E-state index in [1.807, 2.05) is 0 Å². The fourth-order valence-corrected chi connectivity index (χ4v) is 3.16. The Hall–Kier alpha value is -1.66. The van der Waals surface area contributed by atoms with Crippen molar-refractivity contribution in [1.29, 1.82) is 0 Å². The summed E-state index contributed by atoms with van der Waals surface area (Å²) in [5.41, 5.74) is 0.992. The molecule has 0 aromatic heterocycles. The molecule has 0 spiro atoms. The van der Waals surface area contributed by atoms with Crippen LogP contribution in [0.25, 0.3) is 0 Å². The second kappa shape index (κ2) is 9.33. The van der Waals surface area contributed by atoms with Gasteiger partial charge in [0.25, 0.3) is 0 Å². The van der Waals surface area contributed by atoms with Crippen LogP contribution in [-0.4, -0.2) is 56.4 Å². The van der Waals surface area contributed by atoms with Gasteiger partial charge in [-0.25, -0.2) is 4.39 Å². The van der Waals surface area contributed by atoms with E-state index in [2.05, 4.69) is 24.1 Å². The Labute approximate surface area is 155 Å². The number of guanidine groups is 1. The molecule has 0 amide bonds. The van der Waals surface area contributed by atoms with Gasteiger partial charge in [0.1, 0.15) is 11.9 Å². The number of nitrogens with zero attached hydrogens (tertiary/aromatic N) is 2. The predicted octanol–water partition coefficient (Wildman–Crippen LogP) is 2.98. The highest BCUT2D eigenvalue weighted by Crippen LogP contribution is 2.28. The van der Waals surface area contributed by atoms with Gasteiger partial charge in [0.05, 0.1) is 25.8 Å². The molecule has 1 aromatic carbocycles. The van der Waals surface area contributed by atoms with Crippen molar-refractivity contribution < 1.29 is 13.9 Å². The molecule has 1 heterocycles. The summed E-state index contributed by atoms with van der Waals surface area (Å²) in [5, 5.41) is 3.37. The molecule has 1 N–H and O–H groups in total. The van der Waals surface area contributed by atoms with Crippen LogP contribution < -0.4 is 5.32 Å². The number of nitrogens with one attached hydrogen (secondary N) is 1. The van der Waals surface area contributed by atoms with Crippen LogP contribution in [0.5, 0.6) is 0 Å². The van der Waals surface area contributed by atoms with E-state index in [-0.39, 0.29) is 18.0 Å². The van der Waals surface area contributed by atoms with Gasteiger partial charge in [-0.2, -0.15) is 0 Å². The second-order valence-corrected chi connectivity index (χ2v) is 7.15. The molecular formula is C20H30FN3O2. The van der Waals surface area contributed by atoms with E-state index in [0.29, 0.717) is 19.7 Å². The molecule has 144 valence electrons. The van der Waals surface area contributed by atoms with Gasteiger partial charge in [-0.1, -0.05) is 12.1 Å². The molecule has 1 aromatic rings. The molecule has 5 nitrogen and oxygen atoms in total. The molecule has 2 aliphatic rings. The summed E-state index contributed by atoms with van der Waals surface area (Å²) in [6, 6.07) is 6.57. The van der Waals surface area contributed by atoms with Crippen molar-refractivity contribution in [3.05, 3.63) is 35.6 Å².